The number of carbonyl (C=O) groups excluding carboxylic acids is 3. The third-order valence-corrected chi connectivity index (χ3v) is 8.64. The van der Waals surface area contributed by atoms with Crippen LogP contribution in [0.15, 0.2) is 76.1 Å². The lowest BCUT2D eigenvalue weighted by Crippen LogP contribution is -2.51. The van der Waals surface area contributed by atoms with Crippen LogP contribution in [-0.2, 0) is 16.2 Å². The fourth-order valence-corrected chi connectivity index (χ4v) is 6.14. The highest BCUT2D eigenvalue weighted by Gasteiger charge is 2.37. The van der Waals surface area contributed by atoms with Crippen LogP contribution in [0.2, 0.25) is 0 Å². The Morgan fingerprint density at radius 1 is 0.952 bits per heavy atom. The largest absolute Gasteiger partial charge is 0.490 e. The smallest absolute Gasteiger partial charge is 0.294 e. The zero-order valence-electron chi connectivity index (χ0n) is 23.5. The molecule has 42 heavy (non-hydrogen) atoms. The topological polar surface area (TPSA) is 79.4 Å². The van der Waals surface area contributed by atoms with Gasteiger partial charge in [-0.05, 0) is 67.1 Å². The van der Waals surface area contributed by atoms with E-state index in [1.54, 1.807) is 23.1 Å². The van der Waals surface area contributed by atoms with E-state index in [4.69, 9.17) is 9.47 Å². The van der Waals surface area contributed by atoms with E-state index in [2.05, 4.69) is 26.9 Å². The third-order valence-electron chi connectivity index (χ3n) is 7.05. The zero-order chi connectivity index (χ0) is 29.6. The van der Waals surface area contributed by atoms with E-state index in [-0.39, 0.29) is 17.4 Å². The maximum Gasteiger partial charge on any atom is 0.294 e. The number of piperazine rings is 1. The number of anilines is 1. The number of rotatable bonds is 9. The van der Waals surface area contributed by atoms with Gasteiger partial charge in [-0.2, -0.15) is 0 Å². The van der Waals surface area contributed by atoms with Crippen LogP contribution in [-0.4, -0.2) is 66.2 Å². The first-order chi connectivity index (χ1) is 20.3. The first-order valence-corrected chi connectivity index (χ1v) is 15.4. The lowest BCUT2D eigenvalue weighted by Gasteiger charge is -2.36. The molecule has 0 radical (unpaired) electrons. The SMILES string of the molecule is CCOc1cc(/C=C2/SC(=O)N(CC(=O)N3CCN(c4ccccc4)CC3)C2=O)c(Br)cc1OCc1cccc(C)c1. The van der Waals surface area contributed by atoms with Crippen molar-refractivity contribution in [3.63, 3.8) is 0 Å². The number of hydrogen-bond donors (Lipinski definition) is 0. The molecule has 0 atom stereocenters. The Kier molecular flexibility index (Phi) is 9.54. The molecule has 2 saturated heterocycles. The van der Waals surface area contributed by atoms with Gasteiger partial charge in [-0.25, -0.2) is 0 Å². The van der Waals surface area contributed by atoms with Crippen molar-refractivity contribution in [1.82, 2.24) is 9.80 Å². The quantitative estimate of drug-likeness (QED) is 0.258. The van der Waals surface area contributed by atoms with Crippen molar-refractivity contribution in [3.05, 3.63) is 92.8 Å². The number of benzene rings is 3. The van der Waals surface area contributed by atoms with Gasteiger partial charge >= 0.3 is 0 Å². The lowest BCUT2D eigenvalue weighted by molar-refractivity contribution is -0.136. The maximum atomic E-state index is 13.2. The van der Waals surface area contributed by atoms with E-state index in [0.29, 0.717) is 60.9 Å². The Morgan fingerprint density at radius 3 is 2.40 bits per heavy atom. The Balaban J connectivity index is 1.24. The molecule has 3 amide bonds. The zero-order valence-corrected chi connectivity index (χ0v) is 25.9. The maximum absolute atomic E-state index is 13.2. The van der Waals surface area contributed by atoms with Crippen molar-refractivity contribution in [3.8, 4) is 11.5 Å². The highest BCUT2D eigenvalue weighted by atomic mass is 79.9. The summed E-state index contributed by atoms with van der Waals surface area (Å²) in [5, 5.41) is -0.457. The highest BCUT2D eigenvalue weighted by Crippen LogP contribution is 2.38. The molecule has 2 aliphatic heterocycles. The molecule has 0 saturated carbocycles. The molecule has 2 aliphatic rings. The number of halogens is 1. The number of nitrogens with zero attached hydrogens (tertiary/aromatic N) is 3. The summed E-state index contributed by atoms with van der Waals surface area (Å²) in [6.07, 6.45) is 1.64. The van der Waals surface area contributed by atoms with Gasteiger partial charge in [0.15, 0.2) is 11.5 Å². The van der Waals surface area contributed by atoms with E-state index in [1.165, 1.54) is 0 Å². The van der Waals surface area contributed by atoms with Gasteiger partial charge in [0, 0.05) is 36.3 Å². The van der Waals surface area contributed by atoms with Crippen molar-refractivity contribution < 1.29 is 23.9 Å². The molecular formula is C32H32BrN3O5S. The number of thioether (sulfide) groups is 1. The van der Waals surface area contributed by atoms with Gasteiger partial charge in [-0.1, -0.05) is 64.0 Å². The normalized spacial score (nSPS) is 16.4. The Hall–Kier alpha value is -3.76. The number of amides is 3. The summed E-state index contributed by atoms with van der Waals surface area (Å²) in [7, 11) is 0. The summed E-state index contributed by atoms with van der Waals surface area (Å²) in [4.78, 5) is 44.3. The molecule has 5 rings (SSSR count). The van der Waals surface area contributed by atoms with Crippen LogP contribution in [0.1, 0.15) is 23.6 Å². The van der Waals surface area contributed by atoms with Crippen molar-refractivity contribution in [2.75, 3.05) is 44.2 Å². The van der Waals surface area contributed by atoms with Crippen LogP contribution < -0.4 is 14.4 Å². The summed E-state index contributed by atoms with van der Waals surface area (Å²) < 4.78 is 12.6. The summed E-state index contributed by atoms with van der Waals surface area (Å²) in [6, 6.07) is 21.7. The Morgan fingerprint density at radius 2 is 1.69 bits per heavy atom. The van der Waals surface area contributed by atoms with Crippen LogP contribution in [0.3, 0.4) is 0 Å². The first kappa shape index (κ1) is 29.7. The van der Waals surface area contributed by atoms with E-state index < -0.39 is 11.1 Å². The molecule has 0 spiro atoms. The van der Waals surface area contributed by atoms with Crippen molar-refractivity contribution in [2.45, 2.75) is 20.5 Å². The average molecular weight is 651 g/mol. The van der Waals surface area contributed by atoms with Gasteiger partial charge in [-0.15, -0.1) is 0 Å². The van der Waals surface area contributed by atoms with E-state index in [9.17, 15) is 14.4 Å². The standard InChI is InChI=1S/C32H32BrN3O5S/c1-3-40-27-17-24(26(33)19-28(27)41-21-23-9-7-8-22(2)16-23)18-29-31(38)36(32(39)42-29)20-30(37)35-14-12-34(13-15-35)25-10-5-4-6-11-25/h4-11,16-19H,3,12-15,20-21H2,1-2H3/b29-18+. The molecule has 3 aromatic rings. The molecular weight excluding hydrogens is 618 g/mol. The van der Waals surface area contributed by atoms with Gasteiger partial charge < -0.3 is 19.3 Å². The van der Waals surface area contributed by atoms with Crippen LogP contribution >= 0.6 is 27.7 Å². The van der Waals surface area contributed by atoms with Crippen molar-refractivity contribution in [1.29, 1.82) is 0 Å². The second-order valence-corrected chi connectivity index (χ2v) is 11.8. The van der Waals surface area contributed by atoms with Gasteiger partial charge in [0.25, 0.3) is 11.1 Å². The predicted molar refractivity (Wildman–Crippen MR) is 169 cm³/mol. The minimum Gasteiger partial charge on any atom is -0.490 e. The minimum atomic E-state index is -0.481. The number of ether oxygens (including phenoxy) is 2. The number of para-hydroxylation sites is 1. The average Bonchev–Trinajstić information content (AvgIpc) is 3.25. The van der Waals surface area contributed by atoms with Crippen LogP contribution in [0.4, 0.5) is 10.5 Å². The highest BCUT2D eigenvalue weighted by molar-refractivity contribution is 9.10. The van der Waals surface area contributed by atoms with Crippen LogP contribution in [0.5, 0.6) is 11.5 Å². The number of imide groups is 1. The monoisotopic (exact) mass is 649 g/mol. The fraction of sp³-hybridized carbons (Fsp3) is 0.281. The summed E-state index contributed by atoms with van der Waals surface area (Å²) >= 11 is 4.41. The van der Waals surface area contributed by atoms with E-state index in [1.807, 2.05) is 62.4 Å². The van der Waals surface area contributed by atoms with Crippen LogP contribution in [0, 0.1) is 6.92 Å². The van der Waals surface area contributed by atoms with Crippen LogP contribution in [0.25, 0.3) is 6.08 Å². The molecule has 8 nitrogen and oxygen atoms in total. The Labute approximate surface area is 258 Å². The molecule has 0 aromatic heterocycles. The predicted octanol–water partition coefficient (Wildman–Crippen LogP) is 6.12. The lowest BCUT2D eigenvalue weighted by atomic mass is 10.1. The molecule has 0 aliphatic carbocycles. The molecule has 0 unspecified atom stereocenters. The molecule has 0 N–H and O–H groups in total. The van der Waals surface area contributed by atoms with Crippen molar-refractivity contribution in [2.24, 2.45) is 0 Å². The summed E-state index contributed by atoms with van der Waals surface area (Å²) in [5.74, 6) is 0.379. The Bertz CT molecular complexity index is 1510. The summed E-state index contributed by atoms with van der Waals surface area (Å²) in [5.41, 5.74) is 3.97. The third kappa shape index (κ3) is 6.99. The van der Waals surface area contributed by atoms with E-state index >= 15 is 0 Å². The molecule has 2 fully saturated rings. The molecule has 2 heterocycles. The van der Waals surface area contributed by atoms with Gasteiger partial charge in [0.2, 0.25) is 5.91 Å². The second kappa shape index (κ2) is 13.5. The number of hydrogen-bond acceptors (Lipinski definition) is 7. The van der Waals surface area contributed by atoms with E-state index in [0.717, 1.165) is 33.5 Å². The minimum absolute atomic E-state index is 0.235. The fourth-order valence-electron chi connectivity index (χ4n) is 4.87. The first-order valence-electron chi connectivity index (χ1n) is 13.8. The van der Waals surface area contributed by atoms with Gasteiger partial charge in [0.1, 0.15) is 13.2 Å². The van der Waals surface area contributed by atoms with Gasteiger partial charge in [-0.3, -0.25) is 19.3 Å². The molecule has 0 bridgehead atoms. The van der Waals surface area contributed by atoms with Crippen molar-refractivity contribution >= 4 is 56.5 Å². The molecule has 3 aromatic carbocycles. The molecule has 10 heteroatoms. The summed E-state index contributed by atoms with van der Waals surface area (Å²) in [6.45, 7) is 6.90. The number of aryl methyl sites for hydroxylation is 1. The number of carbonyl (C=O) groups is 3. The molecule has 218 valence electrons. The van der Waals surface area contributed by atoms with Gasteiger partial charge in [0.05, 0.1) is 11.5 Å². The second-order valence-electron chi connectivity index (χ2n) is 10.0.